The fourth-order valence-corrected chi connectivity index (χ4v) is 3.93. The van der Waals surface area contributed by atoms with E-state index in [0.29, 0.717) is 43.3 Å². The number of carbonyl (C=O) groups excluding carboxylic acids is 2. The van der Waals surface area contributed by atoms with Crippen molar-refractivity contribution >= 4 is 11.9 Å². The number of oxazole rings is 1. The van der Waals surface area contributed by atoms with Crippen molar-refractivity contribution in [3.63, 3.8) is 0 Å². The minimum absolute atomic E-state index is 0.0562. The van der Waals surface area contributed by atoms with Gasteiger partial charge in [-0.1, -0.05) is 0 Å². The molecule has 8 heteroatoms. The van der Waals surface area contributed by atoms with E-state index >= 15 is 0 Å². The number of halogens is 1. The number of likely N-dealkylation sites (tertiary alicyclic amines) is 1. The van der Waals surface area contributed by atoms with Gasteiger partial charge in [0, 0.05) is 43.7 Å². The van der Waals surface area contributed by atoms with Gasteiger partial charge < -0.3 is 18.6 Å². The van der Waals surface area contributed by atoms with Crippen molar-refractivity contribution in [2.45, 2.75) is 31.7 Å². The fourth-order valence-electron chi connectivity index (χ4n) is 3.93. The molecule has 1 amide bonds. The second-order valence-electron chi connectivity index (χ2n) is 7.53. The molecule has 1 aliphatic heterocycles. The number of hydrogen-bond donors (Lipinski definition) is 0. The van der Waals surface area contributed by atoms with Crippen LogP contribution in [0.2, 0.25) is 0 Å². The van der Waals surface area contributed by atoms with Crippen LogP contribution in [0, 0.1) is 5.82 Å². The standard InChI is InChI=1S/C23H24FN3O4/c1-30-23(29)19-3-2-12-27(19)18-10-13-26(14-11-18)22(28)9-8-21-25-15-20(31-21)16-4-6-17(24)7-5-16/h2-7,12,15,18H,8-11,13-14H2,1H3. The number of rotatable bonds is 6. The van der Waals surface area contributed by atoms with Crippen LogP contribution in [0.15, 0.2) is 53.2 Å². The number of aryl methyl sites for hydroxylation is 1. The molecule has 4 rings (SSSR count). The van der Waals surface area contributed by atoms with Crippen LogP contribution in [0.25, 0.3) is 11.3 Å². The lowest BCUT2D eigenvalue weighted by Crippen LogP contribution is -2.39. The van der Waals surface area contributed by atoms with Crippen LogP contribution < -0.4 is 0 Å². The van der Waals surface area contributed by atoms with Gasteiger partial charge in [-0.2, -0.15) is 0 Å². The van der Waals surface area contributed by atoms with E-state index in [-0.39, 0.29) is 23.7 Å². The first-order valence-electron chi connectivity index (χ1n) is 10.3. The first-order chi connectivity index (χ1) is 15.0. The van der Waals surface area contributed by atoms with Gasteiger partial charge >= 0.3 is 5.97 Å². The Morgan fingerprint density at radius 1 is 1.19 bits per heavy atom. The zero-order valence-corrected chi connectivity index (χ0v) is 17.3. The van der Waals surface area contributed by atoms with E-state index in [4.69, 9.17) is 9.15 Å². The zero-order valence-electron chi connectivity index (χ0n) is 17.3. The maximum atomic E-state index is 13.1. The lowest BCUT2D eigenvalue weighted by molar-refractivity contribution is -0.132. The van der Waals surface area contributed by atoms with Crippen molar-refractivity contribution in [2.75, 3.05) is 20.2 Å². The number of esters is 1. The summed E-state index contributed by atoms with van der Waals surface area (Å²) < 4.78 is 25.5. The van der Waals surface area contributed by atoms with Gasteiger partial charge in [0.05, 0.1) is 13.3 Å². The molecule has 3 heterocycles. The zero-order chi connectivity index (χ0) is 21.8. The lowest BCUT2D eigenvalue weighted by atomic mass is 10.0. The number of piperidine rings is 1. The molecule has 0 unspecified atom stereocenters. The Kier molecular flexibility index (Phi) is 6.16. The number of aromatic nitrogens is 2. The highest BCUT2D eigenvalue weighted by Gasteiger charge is 2.26. The summed E-state index contributed by atoms with van der Waals surface area (Å²) in [6, 6.07) is 9.74. The van der Waals surface area contributed by atoms with Crippen molar-refractivity contribution in [1.29, 1.82) is 0 Å². The molecule has 7 nitrogen and oxygen atoms in total. The molecule has 0 atom stereocenters. The van der Waals surface area contributed by atoms with Crippen molar-refractivity contribution in [3.8, 4) is 11.3 Å². The van der Waals surface area contributed by atoms with Crippen molar-refractivity contribution in [2.24, 2.45) is 0 Å². The maximum Gasteiger partial charge on any atom is 0.354 e. The Hall–Kier alpha value is -3.42. The number of carbonyl (C=O) groups is 2. The lowest BCUT2D eigenvalue weighted by Gasteiger charge is -2.33. The summed E-state index contributed by atoms with van der Waals surface area (Å²) in [5.74, 6) is 0.431. The van der Waals surface area contributed by atoms with Gasteiger partial charge in [0.25, 0.3) is 0 Å². The summed E-state index contributed by atoms with van der Waals surface area (Å²) in [5, 5.41) is 0. The van der Waals surface area contributed by atoms with E-state index in [2.05, 4.69) is 4.98 Å². The molecule has 162 valence electrons. The van der Waals surface area contributed by atoms with Gasteiger partial charge in [-0.15, -0.1) is 0 Å². The van der Waals surface area contributed by atoms with E-state index in [1.165, 1.54) is 19.2 Å². The first-order valence-corrected chi connectivity index (χ1v) is 10.3. The molecule has 1 saturated heterocycles. The summed E-state index contributed by atoms with van der Waals surface area (Å²) in [4.78, 5) is 30.6. The van der Waals surface area contributed by atoms with Gasteiger partial charge in [-0.3, -0.25) is 4.79 Å². The van der Waals surface area contributed by atoms with Crippen LogP contribution in [0.3, 0.4) is 0 Å². The number of hydrogen-bond acceptors (Lipinski definition) is 5. The summed E-state index contributed by atoms with van der Waals surface area (Å²) in [6.07, 6.45) is 5.75. The first kappa shape index (κ1) is 20.8. The minimum atomic E-state index is -0.352. The van der Waals surface area contributed by atoms with Gasteiger partial charge in [-0.05, 0) is 49.2 Å². The quantitative estimate of drug-likeness (QED) is 0.561. The number of amides is 1. The van der Waals surface area contributed by atoms with Gasteiger partial charge in [0.1, 0.15) is 11.5 Å². The molecular formula is C23H24FN3O4. The molecule has 0 N–H and O–H groups in total. The number of benzene rings is 1. The highest BCUT2D eigenvalue weighted by atomic mass is 19.1. The third kappa shape index (κ3) is 4.68. The van der Waals surface area contributed by atoms with Crippen molar-refractivity contribution in [1.82, 2.24) is 14.5 Å². The monoisotopic (exact) mass is 425 g/mol. The highest BCUT2D eigenvalue weighted by molar-refractivity contribution is 5.87. The Balaban J connectivity index is 1.29. The van der Waals surface area contributed by atoms with Crippen LogP contribution in [0.4, 0.5) is 4.39 Å². The number of nitrogens with zero attached hydrogens (tertiary/aromatic N) is 3. The van der Waals surface area contributed by atoms with Crippen LogP contribution in [0.5, 0.6) is 0 Å². The molecule has 0 spiro atoms. The summed E-state index contributed by atoms with van der Waals surface area (Å²) >= 11 is 0. The molecule has 2 aromatic heterocycles. The topological polar surface area (TPSA) is 77.6 Å². The Bertz CT molecular complexity index is 1050. The predicted molar refractivity (Wildman–Crippen MR) is 111 cm³/mol. The van der Waals surface area contributed by atoms with E-state index in [9.17, 15) is 14.0 Å². The van der Waals surface area contributed by atoms with Crippen LogP contribution in [-0.4, -0.2) is 46.5 Å². The molecule has 31 heavy (non-hydrogen) atoms. The number of ether oxygens (including phenoxy) is 1. The third-order valence-corrected chi connectivity index (χ3v) is 5.62. The molecule has 0 radical (unpaired) electrons. The highest BCUT2D eigenvalue weighted by Crippen LogP contribution is 2.26. The molecule has 1 fully saturated rings. The Labute approximate surface area is 179 Å². The molecule has 3 aromatic rings. The SMILES string of the molecule is COC(=O)c1cccn1C1CCN(C(=O)CCc2ncc(-c3ccc(F)cc3)o2)CC1. The predicted octanol–water partition coefficient (Wildman–Crippen LogP) is 3.87. The average Bonchev–Trinajstić information content (AvgIpc) is 3.47. The molecular weight excluding hydrogens is 401 g/mol. The second kappa shape index (κ2) is 9.16. The van der Waals surface area contributed by atoms with Crippen molar-refractivity contribution in [3.05, 3.63) is 66.2 Å². The normalized spacial score (nSPS) is 14.6. The Morgan fingerprint density at radius 2 is 1.94 bits per heavy atom. The minimum Gasteiger partial charge on any atom is -0.464 e. The van der Waals surface area contributed by atoms with Crippen LogP contribution >= 0.6 is 0 Å². The summed E-state index contributed by atoms with van der Waals surface area (Å²) in [6.45, 7) is 1.27. The Morgan fingerprint density at radius 3 is 2.65 bits per heavy atom. The van der Waals surface area contributed by atoms with E-state index in [1.807, 2.05) is 21.7 Å². The van der Waals surface area contributed by atoms with E-state index in [1.54, 1.807) is 24.4 Å². The van der Waals surface area contributed by atoms with Gasteiger partial charge in [0.15, 0.2) is 11.7 Å². The third-order valence-electron chi connectivity index (χ3n) is 5.62. The maximum absolute atomic E-state index is 13.1. The fraction of sp³-hybridized carbons (Fsp3) is 0.348. The van der Waals surface area contributed by atoms with E-state index in [0.717, 1.165) is 18.4 Å². The van der Waals surface area contributed by atoms with Crippen LogP contribution in [0.1, 0.15) is 41.7 Å². The van der Waals surface area contributed by atoms with Crippen molar-refractivity contribution < 1.29 is 23.1 Å². The second-order valence-corrected chi connectivity index (χ2v) is 7.53. The summed E-state index contributed by atoms with van der Waals surface area (Å²) in [5.41, 5.74) is 1.28. The summed E-state index contributed by atoms with van der Waals surface area (Å²) in [7, 11) is 1.37. The smallest absolute Gasteiger partial charge is 0.354 e. The van der Waals surface area contributed by atoms with Crippen LogP contribution in [-0.2, 0) is 16.0 Å². The molecule has 1 aromatic carbocycles. The average molecular weight is 425 g/mol. The van der Waals surface area contributed by atoms with E-state index < -0.39 is 0 Å². The molecule has 0 aliphatic carbocycles. The largest absolute Gasteiger partial charge is 0.464 e. The molecule has 0 saturated carbocycles. The van der Waals surface area contributed by atoms with Gasteiger partial charge in [0.2, 0.25) is 5.91 Å². The number of methoxy groups -OCH3 is 1. The molecule has 1 aliphatic rings. The molecule has 0 bridgehead atoms. The van der Waals surface area contributed by atoms with Gasteiger partial charge in [-0.25, -0.2) is 14.2 Å².